The van der Waals surface area contributed by atoms with Crippen LogP contribution in [0.15, 0.2) is 18.2 Å². The van der Waals surface area contributed by atoms with Gasteiger partial charge in [0.2, 0.25) is 0 Å². The molecule has 4 nitrogen and oxygen atoms in total. The van der Waals surface area contributed by atoms with Gasteiger partial charge in [0.15, 0.2) is 0 Å². The van der Waals surface area contributed by atoms with Crippen molar-refractivity contribution in [3.63, 3.8) is 0 Å². The van der Waals surface area contributed by atoms with Gasteiger partial charge in [-0.3, -0.25) is 4.79 Å². The summed E-state index contributed by atoms with van der Waals surface area (Å²) in [5.74, 6) is 0.957. The fourth-order valence-corrected chi connectivity index (χ4v) is 4.32. The molecule has 3 rings (SSSR count). The molecule has 1 saturated heterocycles. The van der Waals surface area contributed by atoms with Gasteiger partial charge in [-0.2, -0.15) is 0 Å². The van der Waals surface area contributed by atoms with E-state index in [1.165, 1.54) is 0 Å². The summed E-state index contributed by atoms with van der Waals surface area (Å²) in [5, 5.41) is 1.11. The summed E-state index contributed by atoms with van der Waals surface area (Å²) in [4.78, 5) is 15.8. The molecule has 1 atom stereocenters. The molecule has 126 valence electrons. The highest BCUT2D eigenvalue weighted by molar-refractivity contribution is 7.21. The Kier molecular flexibility index (Phi) is 5.89. The number of hydrogen-bond donors (Lipinski definition) is 1. The number of piperidine rings is 1. The molecule has 0 radical (unpaired) electrons. The first-order valence-electron chi connectivity index (χ1n) is 7.74. The predicted molar refractivity (Wildman–Crippen MR) is 98.1 cm³/mol. The number of rotatable bonds is 3. The summed E-state index contributed by atoms with van der Waals surface area (Å²) in [6.07, 6.45) is 3.24. The van der Waals surface area contributed by atoms with Crippen molar-refractivity contribution in [2.75, 3.05) is 20.2 Å². The molecule has 0 aliphatic carbocycles. The Hall–Kier alpha value is -1.30. The number of halogens is 1. The van der Waals surface area contributed by atoms with Crippen LogP contribution in [0, 0.1) is 6.92 Å². The van der Waals surface area contributed by atoms with Gasteiger partial charge in [-0.1, -0.05) is 0 Å². The first-order valence-corrected chi connectivity index (χ1v) is 8.55. The number of nitrogens with zero attached hydrogens (tertiary/aromatic N) is 1. The second kappa shape index (κ2) is 7.51. The topological polar surface area (TPSA) is 55.6 Å². The first-order chi connectivity index (χ1) is 10.7. The quantitative estimate of drug-likeness (QED) is 0.916. The third-order valence-corrected chi connectivity index (χ3v) is 5.76. The monoisotopic (exact) mass is 354 g/mol. The van der Waals surface area contributed by atoms with Crippen LogP contribution in [-0.4, -0.2) is 37.0 Å². The Labute approximate surface area is 147 Å². The molecular formula is C17H23ClN2O2S. The van der Waals surface area contributed by atoms with Gasteiger partial charge in [0.05, 0.1) is 12.0 Å². The van der Waals surface area contributed by atoms with Crippen LogP contribution in [0.4, 0.5) is 0 Å². The lowest BCUT2D eigenvalue weighted by atomic mass is 10.0. The van der Waals surface area contributed by atoms with Gasteiger partial charge >= 0.3 is 0 Å². The molecule has 1 aliphatic rings. The van der Waals surface area contributed by atoms with Crippen molar-refractivity contribution >= 4 is 39.7 Å². The summed E-state index contributed by atoms with van der Waals surface area (Å²) >= 11 is 1.57. The number of nitrogens with two attached hydrogens (primary N) is 1. The normalized spacial score (nSPS) is 17.9. The zero-order valence-electron chi connectivity index (χ0n) is 13.5. The van der Waals surface area contributed by atoms with E-state index in [1.807, 2.05) is 30.0 Å². The lowest BCUT2D eigenvalue weighted by Gasteiger charge is -2.34. The zero-order valence-corrected chi connectivity index (χ0v) is 15.1. The second-order valence-corrected chi connectivity index (χ2v) is 6.85. The molecular weight excluding hydrogens is 332 g/mol. The van der Waals surface area contributed by atoms with Crippen molar-refractivity contribution in [1.82, 2.24) is 4.90 Å². The minimum absolute atomic E-state index is 0. The number of ether oxygens (including phenoxy) is 1. The van der Waals surface area contributed by atoms with Crippen LogP contribution >= 0.6 is 23.7 Å². The van der Waals surface area contributed by atoms with E-state index in [4.69, 9.17) is 10.5 Å². The van der Waals surface area contributed by atoms with Gasteiger partial charge in [0, 0.05) is 23.8 Å². The first kappa shape index (κ1) is 18.0. The van der Waals surface area contributed by atoms with E-state index >= 15 is 0 Å². The van der Waals surface area contributed by atoms with E-state index in [-0.39, 0.29) is 24.4 Å². The van der Waals surface area contributed by atoms with Crippen LogP contribution in [0.1, 0.15) is 34.5 Å². The summed E-state index contributed by atoms with van der Waals surface area (Å²) in [5.41, 5.74) is 6.90. The largest absolute Gasteiger partial charge is 0.497 e. The van der Waals surface area contributed by atoms with Crippen molar-refractivity contribution in [3.05, 3.63) is 28.6 Å². The number of benzene rings is 1. The number of hydrogen-bond acceptors (Lipinski definition) is 4. The van der Waals surface area contributed by atoms with Crippen LogP contribution < -0.4 is 10.5 Å². The smallest absolute Gasteiger partial charge is 0.264 e. The van der Waals surface area contributed by atoms with Gasteiger partial charge in [0.25, 0.3) is 5.91 Å². The maximum atomic E-state index is 13.0. The van der Waals surface area contributed by atoms with Gasteiger partial charge in [0.1, 0.15) is 5.75 Å². The lowest BCUT2D eigenvalue weighted by molar-refractivity contribution is 0.0628. The van der Waals surface area contributed by atoms with Crippen molar-refractivity contribution in [3.8, 4) is 5.75 Å². The van der Waals surface area contributed by atoms with Crippen molar-refractivity contribution in [2.24, 2.45) is 5.73 Å². The number of methoxy groups -OCH3 is 1. The molecule has 2 aromatic rings. The van der Waals surface area contributed by atoms with Gasteiger partial charge in [-0.25, -0.2) is 0 Å². The number of carbonyl (C=O) groups is 1. The van der Waals surface area contributed by atoms with E-state index in [0.29, 0.717) is 6.54 Å². The average Bonchev–Trinajstić information content (AvgIpc) is 2.90. The van der Waals surface area contributed by atoms with Crippen LogP contribution in [0.25, 0.3) is 10.1 Å². The molecule has 0 bridgehead atoms. The summed E-state index contributed by atoms with van der Waals surface area (Å²) < 4.78 is 6.42. The van der Waals surface area contributed by atoms with Gasteiger partial charge < -0.3 is 15.4 Å². The standard InChI is InChI=1S/C17H22N2O2S.ClH/c1-11-14-9-13(21-2)6-7-15(14)22-16(11)17(20)19-8-4-3-5-12(19)10-18;/h6-7,9,12H,3-5,8,10,18H2,1-2H3;1H. The van der Waals surface area contributed by atoms with Crippen LogP contribution in [0.5, 0.6) is 5.75 Å². The van der Waals surface area contributed by atoms with E-state index in [2.05, 4.69) is 0 Å². The van der Waals surface area contributed by atoms with Crippen LogP contribution in [0.3, 0.4) is 0 Å². The lowest BCUT2D eigenvalue weighted by Crippen LogP contribution is -2.47. The number of aryl methyl sites for hydroxylation is 1. The molecule has 0 saturated carbocycles. The Morgan fingerprint density at radius 2 is 2.22 bits per heavy atom. The summed E-state index contributed by atoms with van der Waals surface area (Å²) in [6, 6.07) is 6.16. The number of carbonyl (C=O) groups excluding carboxylic acids is 1. The molecule has 6 heteroatoms. The zero-order chi connectivity index (χ0) is 15.7. The van der Waals surface area contributed by atoms with Crippen molar-refractivity contribution in [1.29, 1.82) is 0 Å². The van der Waals surface area contributed by atoms with E-state index in [0.717, 1.165) is 52.1 Å². The third-order valence-electron chi connectivity index (χ3n) is 4.50. The average molecular weight is 355 g/mol. The summed E-state index contributed by atoms with van der Waals surface area (Å²) in [7, 11) is 1.66. The summed E-state index contributed by atoms with van der Waals surface area (Å²) in [6.45, 7) is 3.38. The van der Waals surface area contributed by atoms with E-state index in [9.17, 15) is 4.79 Å². The Balaban J connectivity index is 0.00000192. The number of amides is 1. The molecule has 23 heavy (non-hydrogen) atoms. The second-order valence-electron chi connectivity index (χ2n) is 5.80. The SMILES string of the molecule is COc1ccc2sc(C(=O)N3CCCCC3CN)c(C)c2c1.Cl. The van der Waals surface area contributed by atoms with Gasteiger partial charge in [-0.15, -0.1) is 23.7 Å². The molecule has 1 aromatic carbocycles. The Morgan fingerprint density at radius 3 is 2.91 bits per heavy atom. The third kappa shape index (κ3) is 3.32. The van der Waals surface area contributed by atoms with E-state index in [1.54, 1.807) is 18.4 Å². The van der Waals surface area contributed by atoms with E-state index < -0.39 is 0 Å². The predicted octanol–water partition coefficient (Wildman–Crippen LogP) is 3.59. The molecule has 2 N–H and O–H groups in total. The minimum atomic E-state index is 0. The molecule has 2 heterocycles. The molecule has 1 amide bonds. The molecule has 0 spiro atoms. The molecule has 1 aliphatic heterocycles. The molecule has 1 fully saturated rings. The van der Waals surface area contributed by atoms with Crippen molar-refractivity contribution < 1.29 is 9.53 Å². The maximum Gasteiger partial charge on any atom is 0.264 e. The highest BCUT2D eigenvalue weighted by Gasteiger charge is 2.28. The molecule has 1 unspecified atom stereocenters. The number of likely N-dealkylation sites (tertiary alicyclic amines) is 1. The number of fused-ring (bicyclic) bond motifs is 1. The fraction of sp³-hybridized carbons (Fsp3) is 0.471. The van der Waals surface area contributed by atoms with Crippen LogP contribution in [0.2, 0.25) is 0 Å². The Bertz CT molecular complexity index is 701. The fourth-order valence-electron chi connectivity index (χ4n) is 3.17. The Morgan fingerprint density at radius 1 is 1.43 bits per heavy atom. The molecule has 1 aromatic heterocycles. The van der Waals surface area contributed by atoms with Crippen LogP contribution in [-0.2, 0) is 0 Å². The van der Waals surface area contributed by atoms with Gasteiger partial charge in [-0.05, 0) is 55.3 Å². The number of thiophene rings is 1. The highest BCUT2D eigenvalue weighted by atomic mass is 35.5. The highest BCUT2D eigenvalue weighted by Crippen LogP contribution is 2.35. The maximum absolute atomic E-state index is 13.0. The van der Waals surface area contributed by atoms with Crippen molar-refractivity contribution in [2.45, 2.75) is 32.2 Å². The minimum Gasteiger partial charge on any atom is -0.497 e.